The maximum atomic E-state index is 8.90. The summed E-state index contributed by atoms with van der Waals surface area (Å²) in [7, 11) is 0. The normalized spacial score (nSPS) is 28.4. The van der Waals surface area contributed by atoms with Crippen LogP contribution in [0.4, 0.5) is 5.82 Å². The van der Waals surface area contributed by atoms with E-state index < -0.39 is 0 Å². The minimum absolute atomic E-state index is 0.460. The van der Waals surface area contributed by atoms with Crippen molar-refractivity contribution in [2.24, 2.45) is 5.92 Å². The Balaban J connectivity index is 1.61. The fourth-order valence-corrected chi connectivity index (χ4v) is 3.42. The van der Waals surface area contributed by atoms with Crippen molar-refractivity contribution in [3.05, 3.63) is 23.8 Å². The average molecular weight is 268 g/mol. The number of nitriles is 1. The van der Waals surface area contributed by atoms with Crippen LogP contribution in [0.5, 0.6) is 0 Å². The molecule has 3 saturated heterocycles. The zero-order valence-corrected chi connectivity index (χ0v) is 11.2. The molecule has 0 amide bonds. The van der Waals surface area contributed by atoms with E-state index in [1.807, 2.05) is 6.07 Å². The molecule has 5 nitrogen and oxygen atoms in total. The van der Waals surface area contributed by atoms with Gasteiger partial charge in [-0.15, -0.1) is 0 Å². The molecule has 4 heterocycles. The van der Waals surface area contributed by atoms with Gasteiger partial charge >= 0.3 is 0 Å². The van der Waals surface area contributed by atoms with E-state index in [1.54, 1.807) is 12.1 Å². The lowest BCUT2D eigenvalue weighted by molar-refractivity contribution is 0.0973. The molecule has 3 aliphatic rings. The lowest BCUT2D eigenvalue weighted by Gasteiger charge is -2.44. The summed E-state index contributed by atoms with van der Waals surface area (Å²) in [6.07, 6.45) is 2.54. The first-order valence-corrected chi connectivity index (χ1v) is 7.12. The maximum absolute atomic E-state index is 8.90. The topological polar surface area (TPSA) is 65.1 Å². The highest BCUT2D eigenvalue weighted by molar-refractivity contribution is 5.89. The summed E-state index contributed by atoms with van der Waals surface area (Å²) < 4.78 is 5.34. The molecule has 1 aromatic heterocycles. The number of fused-ring (bicyclic) bond motifs is 4. The first-order chi connectivity index (χ1) is 9.83. The number of hydrogen-bond acceptors (Lipinski definition) is 5. The Labute approximate surface area is 117 Å². The number of nitrogens with zero attached hydrogens (tertiary/aromatic N) is 3. The van der Waals surface area contributed by atoms with Gasteiger partial charge in [-0.3, -0.25) is 0 Å². The largest absolute Gasteiger partial charge is 0.362 e. The van der Waals surface area contributed by atoms with Crippen LogP contribution in [0.2, 0.25) is 0 Å². The van der Waals surface area contributed by atoms with Crippen molar-refractivity contribution in [1.82, 2.24) is 10.1 Å². The van der Waals surface area contributed by atoms with Crippen LogP contribution < -0.4 is 5.32 Å². The lowest BCUT2D eigenvalue weighted by atomic mass is 9.84. The second kappa shape index (κ2) is 4.50. The molecule has 102 valence electrons. The molecule has 3 fully saturated rings. The molecule has 1 N–H and O–H groups in total. The van der Waals surface area contributed by atoms with Crippen molar-refractivity contribution < 1.29 is 4.52 Å². The Hall–Kier alpha value is -2.06. The van der Waals surface area contributed by atoms with Crippen LogP contribution in [0.3, 0.4) is 0 Å². The molecule has 0 aliphatic carbocycles. The molecule has 0 unspecified atom stereocenters. The van der Waals surface area contributed by atoms with Crippen LogP contribution >= 0.6 is 0 Å². The van der Waals surface area contributed by atoms with Gasteiger partial charge in [-0.1, -0.05) is 5.16 Å². The minimum atomic E-state index is 0.460. The van der Waals surface area contributed by atoms with Gasteiger partial charge in [0.15, 0.2) is 11.4 Å². The predicted molar refractivity (Wildman–Crippen MR) is 75.3 cm³/mol. The molecular weight excluding hydrogens is 252 g/mol. The van der Waals surface area contributed by atoms with Crippen LogP contribution in [0.25, 0.3) is 11.0 Å². The first-order valence-electron chi connectivity index (χ1n) is 7.12. The van der Waals surface area contributed by atoms with Crippen molar-refractivity contribution in [3.8, 4) is 6.07 Å². The molecule has 5 heteroatoms. The summed E-state index contributed by atoms with van der Waals surface area (Å²) in [5, 5.41) is 17.5. The zero-order chi connectivity index (χ0) is 13.5. The standard InChI is InChI=1S/C15H16N4O/c16-8-10-1-2-12-14(7-10)20-18-15(12)17-13-9-19-5-3-11(13)4-6-19/h1-2,7,11,13H,3-6,9H2,(H,17,18)/t13-/m1/s1. The van der Waals surface area contributed by atoms with E-state index in [9.17, 15) is 0 Å². The van der Waals surface area contributed by atoms with Gasteiger partial charge < -0.3 is 14.7 Å². The molecule has 5 rings (SSSR count). The van der Waals surface area contributed by atoms with Gasteiger partial charge in [0.2, 0.25) is 0 Å². The number of benzene rings is 1. The number of anilines is 1. The Morgan fingerprint density at radius 2 is 2.20 bits per heavy atom. The number of hydrogen-bond donors (Lipinski definition) is 1. The van der Waals surface area contributed by atoms with E-state index in [4.69, 9.17) is 9.78 Å². The first kappa shape index (κ1) is 11.7. The Morgan fingerprint density at radius 1 is 1.35 bits per heavy atom. The molecule has 2 bridgehead atoms. The number of piperidine rings is 3. The molecule has 0 spiro atoms. The maximum Gasteiger partial charge on any atom is 0.177 e. The number of nitrogens with one attached hydrogen (secondary N) is 1. The average Bonchev–Trinajstić information content (AvgIpc) is 2.91. The molecule has 2 aromatic rings. The molecule has 3 aliphatic heterocycles. The van der Waals surface area contributed by atoms with Crippen molar-refractivity contribution in [3.63, 3.8) is 0 Å². The molecule has 1 atom stereocenters. The summed E-state index contributed by atoms with van der Waals surface area (Å²) in [6, 6.07) is 8.03. The summed E-state index contributed by atoms with van der Waals surface area (Å²) in [5.74, 6) is 1.55. The second-order valence-corrected chi connectivity index (χ2v) is 5.74. The third-order valence-electron chi connectivity index (χ3n) is 4.58. The van der Waals surface area contributed by atoms with Gasteiger partial charge in [0.05, 0.1) is 17.0 Å². The quantitative estimate of drug-likeness (QED) is 0.904. The van der Waals surface area contributed by atoms with E-state index >= 15 is 0 Å². The fourth-order valence-electron chi connectivity index (χ4n) is 3.42. The Morgan fingerprint density at radius 3 is 2.90 bits per heavy atom. The molecule has 0 saturated carbocycles. The second-order valence-electron chi connectivity index (χ2n) is 5.74. The van der Waals surface area contributed by atoms with Crippen molar-refractivity contribution in [1.29, 1.82) is 5.26 Å². The minimum Gasteiger partial charge on any atom is -0.362 e. The highest BCUT2D eigenvalue weighted by atomic mass is 16.5. The Kier molecular flexibility index (Phi) is 2.64. The van der Waals surface area contributed by atoms with Crippen LogP contribution in [-0.2, 0) is 0 Å². The van der Waals surface area contributed by atoms with Crippen LogP contribution in [0.1, 0.15) is 18.4 Å². The fraction of sp³-hybridized carbons (Fsp3) is 0.467. The highest BCUT2D eigenvalue weighted by Crippen LogP contribution is 2.31. The third-order valence-corrected chi connectivity index (χ3v) is 4.58. The van der Waals surface area contributed by atoms with Crippen molar-refractivity contribution in [2.45, 2.75) is 18.9 Å². The number of aromatic nitrogens is 1. The van der Waals surface area contributed by atoms with Crippen molar-refractivity contribution in [2.75, 3.05) is 25.0 Å². The van der Waals surface area contributed by atoms with E-state index in [0.29, 0.717) is 17.2 Å². The molecule has 1 aromatic carbocycles. The highest BCUT2D eigenvalue weighted by Gasteiger charge is 2.34. The van der Waals surface area contributed by atoms with Gasteiger partial charge in [0.25, 0.3) is 0 Å². The molecule has 0 radical (unpaired) electrons. The summed E-state index contributed by atoms with van der Waals surface area (Å²) >= 11 is 0. The van der Waals surface area contributed by atoms with Gasteiger partial charge in [-0.05, 0) is 44.0 Å². The lowest BCUT2D eigenvalue weighted by Crippen LogP contribution is -2.53. The van der Waals surface area contributed by atoms with Gasteiger partial charge in [0.1, 0.15) is 0 Å². The van der Waals surface area contributed by atoms with E-state index in [-0.39, 0.29) is 0 Å². The van der Waals surface area contributed by atoms with Crippen LogP contribution in [0, 0.1) is 17.2 Å². The van der Waals surface area contributed by atoms with Crippen molar-refractivity contribution >= 4 is 16.8 Å². The molecular formula is C15H16N4O. The summed E-state index contributed by atoms with van der Waals surface area (Å²) in [4.78, 5) is 2.51. The van der Waals surface area contributed by atoms with E-state index in [1.165, 1.54) is 25.9 Å². The summed E-state index contributed by atoms with van der Waals surface area (Å²) in [6.45, 7) is 3.55. The van der Waals surface area contributed by atoms with Crippen LogP contribution in [0.15, 0.2) is 22.7 Å². The monoisotopic (exact) mass is 268 g/mol. The van der Waals surface area contributed by atoms with Gasteiger partial charge in [-0.25, -0.2) is 0 Å². The van der Waals surface area contributed by atoms with E-state index in [2.05, 4.69) is 21.4 Å². The summed E-state index contributed by atoms with van der Waals surface area (Å²) in [5.41, 5.74) is 1.27. The predicted octanol–water partition coefficient (Wildman–Crippen LogP) is 2.21. The Bertz CT molecular complexity index is 679. The van der Waals surface area contributed by atoms with Gasteiger partial charge in [0, 0.05) is 18.7 Å². The number of rotatable bonds is 2. The third kappa shape index (κ3) is 1.84. The SMILES string of the molecule is N#Cc1ccc2c(N[C@@H]3CN4CCC3CC4)noc2c1. The van der Waals surface area contributed by atoms with E-state index in [0.717, 1.165) is 23.7 Å². The van der Waals surface area contributed by atoms with Crippen LogP contribution in [-0.4, -0.2) is 35.7 Å². The molecule has 20 heavy (non-hydrogen) atoms. The zero-order valence-electron chi connectivity index (χ0n) is 11.2. The smallest absolute Gasteiger partial charge is 0.177 e. The van der Waals surface area contributed by atoms with Gasteiger partial charge in [-0.2, -0.15) is 5.26 Å².